The van der Waals surface area contributed by atoms with Gasteiger partial charge in [0.1, 0.15) is 5.69 Å². The van der Waals surface area contributed by atoms with Crippen LogP contribution in [0.25, 0.3) is 0 Å². The van der Waals surface area contributed by atoms with Crippen LogP contribution >= 0.6 is 0 Å². The van der Waals surface area contributed by atoms with E-state index in [4.69, 9.17) is 4.74 Å². The van der Waals surface area contributed by atoms with E-state index >= 15 is 0 Å². The summed E-state index contributed by atoms with van der Waals surface area (Å²) in [5, 5.41) is 3.22. The third-order valence-corrected chi connectivity index (χ3v) is 3.91. The van der Waals surface area contributed by atoms with Crippen molar-refractivity contribution in [1.29, 1.82) is 0 Å². The minimum absolute atomic E-state index is 0.00981. The lowest BCUT2D eigenvalue weighted by molar-refractivity contribution is 0.0359. The van der Waals surface area contributed by atoms with E-state index in [0.717, 1.165) is 51.5 Å². The number of imidazole rings is 1. The Morgan fingerprint density at radius 1 is 1.53 bits per heavy atom. The fraction of sp³-hybridized carbons (Fsp3) is 0.692. The number of hydrogen-bond donors (Lipinski definition) is 1. The number of fused-ring (bicyclic) bond motifs is 1. The molecule has 0 aromatic carbocycles. The number of rotatable bonds is 2. The van der Waals surface area contributed by atoms with Crippen LogP contribution in [0.5, 0.6) is 0 Å². The predicted octanol–water partition coefficient (Wildman–Crippen LogP) is 0.950. The average molecular weight is 264 g/mol. The van der Waals surface area contributed by atoms with Crippen LogP contribution in [0.15, 0.2) is 6.20 Å². The normalized spacial score (nSPS) is 19.6. The molecule has 0 aliphatic carbocycles. The van der Waals surface area contributed by atoms with Gasteiger partial charge in [-0.05, 0) is 19.3 Å². The first kappa shape index (κ1) is 12.5. The zero-order chi connectivity index (χ0) is 13.2. The highest BCUT2D eigenvalue weighted by Crippen LogP contribution is 2.18. The summed E-state index contributed by atoms with van der Waals surface area (Å²) >= 11 is 0. The van der Waals surface area contributed by atoms with Gasteiger partial charge in [-0.15, -0.1) is 0 Å². The molecular formula is C13H20N4O2. The van der Waals surface area contributed by atoms with E-state index in [1.807, 2.05) is 22.7 Å². The lowest BCUT2D eigenvalue weighted by Gasteiger charge is -2.30. The second-order valence-electron chi connectivity index (χ2n) is 5.18. The van der Waals surface area contributed by atoms with Crippen molar-refractivity contribution in [2.45, 2.75) is 31.8 Å². The van der Waals surface area contributed by atoms with Gasteiger partial charge in [-0.1, -0.05) is 0 Å². The number of carbonyl (C=O) groups is 1. The molecule has 1 saturated heterocycles. The minimum Gasteiger partial charge on any atom is -0.381 e. The van der Waals surface area contributed by atoms with Crippen molar-refractivity contribution in [2.75, 3.05) is 32.1 Å². The molecule has 0 atom stereocenters. The van der Waals surface area contributed by atoms with Gasteiger partial charge in [0, 0.05) is 45.6 Å². The standard InChI is InChI=1S/C13H20N4O2/c1-16(10-3-7-19-8-4-10)12(18)11-9-17-6-2-5-14-13(17)15-11/h9-10H,2-8H2,1H3,(H,14,15). The van der Waals surface area contributed by atoms with Gasteiger partial charge in [0.2, 0.25) is 5.95 Å². The fourth-order valence-corrected chi connectivity index (χ4v) is 2.70. The van der Waals surface area contributed by atoms with Gasteiger partial charge in [-0.2, -0.15) is 0 Å². The van der Waals surface area contributed by atoms with Crippen LogP contribution in [0.2, 0.25) is 0 Å². The third kappa shape index (κ3) is 2.45. The van der Waals surface area contributed by atoms with E-state index in [2.05, 4.69) is 10.3 Å². The van der Waals surface area contributed by atoms with E-state index < -0.39 is 0 Å². The second kappa shape index (κ2) is 5.21. The number of carbonyl (C=O) groups excluding carboxylic acids is 1. The summed E-state index contributed by atoms with van der Waals surface area (Å²) in [5.74, 6) is 0.825. The number of anilines is 1. The molecule has 0 spiro atoms. The Balaban J connectivity index is 1.73. The fourth-order valence-electron chi connectivity index (χ4n) is 2.70. The molecule has 1 N–H and O–H groups in total. The maximum absolute atomic E-state index is 12.4. The highest BCUT2D eigenvalue weighted by atomic mass is 16.5. The van der Waals surface area contributed by atoms with Crippen molar-refractivity contribution in [3.8, 4) is 0 Å². The highest BCUT2D eigenvalue weighted by Gasteiger charge is 2.26. The lowest BCUT2D eigenvalue weighted by Crippen LogP contribution is -2.40. The molecule has 6 heteroatoms. The van der Waals surface area contributed by atoms with Crippen LogP contribution < -0.4 is 5.32 Å². The van der Waals surface area contributed by atoms with E-state index in [1.54, 1.807) is 0 Å². The topological polar surface area (TPSA) is 59.4 Å². The van der Waals surface area contributed by atoms with Crippen molar-refractivity contribution < 1.29 is 9.53 Å². The Bertz CT molecular complexity index is 442. The number of nitrogens with zero attached hydrogens (tertiary/aromatic N) is 3. The number of aryl methyl sites for hydroxylation is 1. The van der Waals surface area contributed by atoms with E-state index in [1.165, 1.54) is 0 Å². The summed E-state index contributed by atoms with van der Waals surface area (Å²) in [6, 6.07) is 0.271. The number of hydrogen-bond acceptors (Lipinski definition) is 4. The Labute approximate surface area is 112 Å². The van der Waals surface area contributed by atoms with Crippen LogP contribution in [0.1, 0.15) is 29.8 Å². The molecule has 3 heterocycles. The lowest BCUT2D eigenvalue weighted by atomic mass is 10.1. The molecule has 0 saturated carbocycles. The monoisotopic (exact) mass is 264 g/mol. The Kier molecular flexibility index (Phi) is 3.42. The molecule has 3 rings (SSSR count). The van der Waals surface area contributed by atoms with Crippen LogP contribution in [-0.4, -0.2) is 53.2 Å². The second-order valence-corrected chi connectivity index (χ2v) is 5.18. The van der Waals surface area contributed by atoms with Crippen LogP contribution in [0.3, 0.4) is 0 Å². The van der Waals surface area contributed by atoms with Crippen molar-refractivity contribution in [3.63, 3.8) is 0 Å². The van der Waals surface area contributed by atoms with Gasteiger partial charge in [-0.3, -0.25) is 4.79 Å². The van der Waals surface area contributed by atoms with Gasteiger partial charge < -0.3 is 19.5 Å². The Morgan fingerprint density at radius 2 is 2.32 bits per heavy atom. The number of nitrogens with one attached hydrogen (secondary N) is 1. The van der Waals surface area contributed by atoms with Crippen molar-refractivity contribution in [2.24, 2.45) is 0 Å². The van der Waals surface area contributed by atoms with Crippen LogP contribution in [-0.2, 0) is 11.3 Å². The summed E-state index contributed by atoms with van der Waals surface area (Å²) in [6.07, 6.45) is 4.76. The number of ether oxygens (including phenoxy) is 1. The molecule has 0 radical (unpaired) electrons. The van der Waals surface area contributed by atoms with Gasteiger partial charge in [0.25, 0.3) is 5.91 Å². The SMILES string of the molecule is CN(C(=O)c1cn2c(n1)NCCC2)C1CCOCC1. The maximum atomic E-state index is 12.4. The van der Waals surface area contributed by atoms with Crippen LogP contribution in [0, 0.1) is 0 Å². The van der Waals surface area contributed by atoms with Gasteiger partial charge in [-0.25, -0.2) is 4.98 Å². The maximum Gasteiger partial charge on any atom is 0.274 e. The molecular weight excluding hydrogens is 244 g/mol. The average Bonchev–Trinajstić information content (AvgIpc) is 2.90. The third-order valence-electron chi connectivity index (χ3n) is 3.91. The number of aromatic nitrogens is 2. The smallest absolute Gasteiger partial charge is 0.274 e. The largest absolute Gasteiger partial charge is 0.381 e. The quantitative estimate of drug-likeness (QED) is 0.864. The van der Waals surface area contributed by atoms with E-state index in [9.17, 15) is 4.79 Å². The molecule has 1 aromatic rings. The molecule has 0 bridgehead atoms. The first-order chi connectivity index (χ1) is 9.25. The van der Waals surface area contributed by atoms with E-state index in [0.29, 0.717) is 5.69 Å². The molecule has 19 heavy (non-hydrogen) atoms. The first-order valence-electron chi connectivity index (χ1n) is 6.91. The molecule has 2 aliphatic rings. The van der Waals surface area contributed by atoms with Gasteiger partial charge >= 0.3 is 0 Å². The molecule has 1 amide bonds. The summed E-state index contributed by atoms with van der Waals surface area (Å²) in [7, 11) is 1.87. The van der Waals surface area contributed by atoms with Crippen LogP contribution in [0.4, 0.5) is 5.95 Å². The molecule has 6 nitrogen and oxygen atoms in total. The summed E-state index contributed by atoms with van der Waals surface area (Å²) in [4.78, 5) is 18.7. The molecule has 2 aliphatic heterocycles. The van der Waals surface area contributed by atoms with Crippen molar-refractivity contribution in [1.82, 2.24) is 14.5 Å². The van der Waals surface area contributed by atoms with E-state index in [-0.39, 0.29) is 11.9 Å². The minimum atomic E-state index is 0.00981. The number of amides is 1. The Morgan fingerprint density at radius 3 is 3.05 bits per heavy atom. The zero-order valence-corrected chi connectivity index (χ0v) is 11.3. The highest BCUT2D eigenvalue weighted by molar-refractivity contribution is 5.92. The van der Waals surface area contributed by atoms with Crippen molar-refractivity contribution in [3.05, 3.63) is 11.9 Å². The molecule has 1 fully saturated rings. The first-order valence-corrected chi connectivity index (χ1v) is 6.91. The Hall–Kier alpha value is -1.56. The zero-order valence-electron chi connectivity index (χ0n) is 11.3. The van der Waals surface area contributed by atoms with Gasteiger partial charge in [0.05, 0.1) is 0 Å². The van der Waals surface area contributed by atoms with Gasteiger partial charge in [0.15, 0.2) is 0 Å². The summed E-state index contributed by atoms with van der Waals surface area (Å²) in [5.41, 5.74) is 0.540. The molecule has 104 valence electrons. The predicted molar refractivity (Wildman–Crippen MR) is 71.3 cm³/mol. The van der Waals surface area contributed by atoms with Crippen molar-refractivity contribution >= 4 is 11.9 Å². The molecule has 0 unspecified atom stereocenters. The summed E-state index contributed by atoms with van der Waals surface area (Å²) in [6.45, 7) is 3.34. The molecule has 1 aromatic heterocycles. The summed E-state index contributed by atoms with van der Waals surface area (Å²) < 4.78 is 7.36.